The number of nitrogens with one attached hydrogen (secondary N) is 2. The van der Waals surface area contributed by atoms with E-state index >= 15 is 0 Å². The van der Waals surface area contributed by atoms with Gasteiger partial charge in [-0.05, 0) is 42.0 Å². The molecule has 9 heteroatoms. The van der Waals surface area contributed by atoms with Gasteiger partial charge in [-0.25, -0.2) is 9.78 Å². The molecule has 8 nitrogen and oxygen atoms in total. The Kier molecular flexibility index (Phi) is 11.8. The van der Waals surface area contributed by atoms with E-state index in [0.29, 0.717) is 24.4 Å². The lowest BCUT2D eigenvalue weighted by molar-refractivity contribution is -0.125. The fraction of sp³-hybridized carbons (Fsp3) is 0.419. The third kappa shape index (κ3) is 8.71. The third-order valence-corrected chi connectivity index (χ3v) is 7.38. The van der Waals surface area contributed by atoms with Gasteiger partial charge in [0.1, 0.15) is 11.5 Å². The third-order valence-electron chi connectivity index (χ3n) is 6.99. The Hall–Kier alpha value is -3.59. The molecule has 3 aromatic rings. The van der Waals surface area contributed by atoms with Crippen LogP contribution in [0.4, 0.5) is 0 Å². The summed E-state index contributed by atoms with van der Waals surface area (Å²) in [6, 6.07) is 16.1. The van der Waals surface area contributed by atoms with Gasteiger partial charge in [0.15, 0.2) is 0 Å². The maximum absolute atomic E-state index is 13.7. The quantitative estimate of drug-likeness (QED) is 0.201. The molecule has 0 fully saturated rings. The van der Waals surface area contributed by atoms with Crippen LogP contribution in [0.5, 0.6) is 0 Å². The van der Waals surface area contributed by atoms with Crippen LogP contribution in [0.15, 0.2) is 60.8 Å². The molecule has 0 aliphatic rings. The molecule has 40 heavy (non-hydrogen) atoms. The average molecular weight is 565 g/mol. The Labute approximate surface area is 242 Å². The van der Waals surface area contributed by atoms with Crippen molar-refractivity contribution in [2.24, 2.45) is 11.8 Å². The molecule has 2 aromatic carbocycles. The number of carbonyl (C=O) groups excluding carboxylic acids is 2. The van der Waals surface area contributed by atoms with E-state index in [4.69, 9.17) is 0 Å². The van der Waals surface area contributed by atoms with Crippen molar-refractivity contribution in [2.45, 2.75) is 59.0 Å². The van der Waals surface area contributed by atoms with Gasteiger partial charge in [-0.3, -0.25) is 9.59 Å². The number of aromatic nitrogens is 2. The number of carbonyl (C=O) groups is 3. The minimum atomic E-state index is -0.983. The van der Waals surface area contributed by atoms with Gasteiger partial charge in [-0.15, -0.1) is 0 Å². The summed E-state index contributed by atoms with van der Waals surface area (Å²) in [6.07, 6.45) is 4.79. The SMILES string of the molecule is CCCCc1ncc(C(=O)N[C@H](CNC(=O)C(CS)C(C)C)Cc2ccccc2)n1Cc1ccc(C(=O)O)cc1. The lowest BCUT2D eigenvalue weighted by Crippen LogP contribution is -2.47. The summed E-state index contributed by atoms with van der Waals surface area (Å²) < 4.78 is 1.90. The number of benzene rings is 2. The summed E-state index contributed by atoms with van der Waals surface area (Å²) in [7, 11) is 0. The van der Waals surface area contributed by atoms with Crippen molar-refractivity contribution in [1.82, 2.24) is 20.2 Å². The molecule has 0 aliphatic heterocycles. The van der Waals surface area contributed by atoms with Crippen molar-refractivity contribution < 1.29 is 19.5 Å². The number of nitrogens with zero attached hydrogens (tertiary/aromatic N) is 2. The van der Waals surface area contributed by atoms with E-state index < -0.39 is 5.97 Å². The number of aromatic carboxylic acids is 1. The molecule has 0 radical (unpaired) electrons. The number of carboxylic acid groups (broad SMARTS) is 1. The first-order valence-corrected chi connectivity index (χ1v) is 14.5. The lowest BCUT2D eigenvalue weighted by Gasteiger charge is -2.23. The molecule has 3 N–H and O–H groups in total. The summed E-state index contributed by atoms with van der Waals surface area (Å²) in [4.78, 5) is 42.3. The van der Waals surface area contributed by atoms with E-state index in [1.165, 1.54) is 0 Å². The van der Waals surface area contributed by atoms with Crippen molar-refractivity contribution in [3.63, 3.8) is 0 Å². The van der Waals surface area contributed by atoms with E-state index in [0.717, 1.165) is 36.2 Å². The van der Waals surface area contributed by atoms with Crippen LogP contribution < -0.4 is 10.6 Å². The van der Waals surface area contributed by atoms with Gasteiger partial charge >= 0.3 is 5.97 Å². The normalized spacial score (nSPS) is 12.6. The number of thiol groups is 1. The van der Waals surface area contributed by atoms with Crippen molar-refractivity contribution in [2.75, 3.05) is 12.3 Å². The molecule has 214 valence electrons. The van der Waals surface area contributed by atoms with Crippen molar-refractivity contribution in [3.05, 3.63) is 89.0 Å². The van der Waals surface area contributed by atoms with Crippen LogP contribution in [-0.4, -0.2) is 50.8 Å². The molecule has 2 amide bonds. The average Bonchev–Trinajstić information content (AvgIpc) is 3.33. The fourth-order valence-electron chi connectivity index (χ4n) is 4.52. The summed E-state index contributed by atoms with van der Waals surface area (Å²) in [5.41, 5.74) is 2.55. The van der Waals surface area contributed by atoms with Crippen LogP contribution in [0.3, 0.4) is 0 Å². The van der Waals surface area contributed by atoms with Crippen molar-refractivity contribution in [3.8, 4) is 0 Å². The molecule has 2 atom stereocenters. The van der Waals surface area contributed by atoms with Crippen molar-refractivity contribution in [1.29, 1.82) is 0 Å². The zero-order chi connectivity index (χ0) is 29.1. The van der Waals surface area contributed by atoms with Gasteiger partial charge in [0.05, 0.1) is 17.8 Å². The number of amides is 2. The summed E-state index contributed by atoms with van der Waals surface area (Å²) in [6.45, 7) is 6.77. The molecule has 1 aromatic heterocycles. The minimum Gasteiger partial charge on any atom is -0.478 e. The maximum Gasteiger partial charge on any atom is 0.335 e. The highest BCUT2D eigenvalue weighted by Crippen LogP contribution is 2.16. The number of hydrogen-bond acceptors (Lipinski definition) is 5. The molecule has 0 spiro atoms. The highest BCUT2D eigenvalue weighted by atomic mass is 32.1. The number of rotatable bonds is 15. The second-order valence-corrected chi connectivity index (χ2v) is 10.8. The van der Waals surface area contributed by atoms with E-state index in [-0.39, 0.29) is 41.8 Å². The minimum absolute atomic E-state index is 0.0750. The number of aryl methyl sites for hydroxylation is 1. The second-order valence-electron chi connectivity index (χ2n) is 10.4. The Bertz CT molecular complexity index is 1260. The van der Waals surface area contributed by atoms with E-state index in [9.17, 15) is 19.5 Å². The summed E-state index contributed by atoms with van der Waals surface area (Å²) >= 11 is 4.35. The number of imidazole rings is 1. The molecule has 0 aliphatic carbocycles. The van der Waals surface area contributed by atoms with Crippen LogP contribution in [0.25, 0.3) is 0 Å². The van der Waals surface area contributed by atoms with Crippen LogP contribution in [-0.2, 0) is 24.2 Å². The van der Waals surface area contributed by atoms with Crippen LogP contribution in [0, 0.1) is 11.8 Å². The Morgan fingerprint density at radius 1 is 1.02 bits per heavy atom. The molecule has 1 unspecified atom stereocenters. The topological polar surface area (TPSA) is 113 Å². The van der Waals surface area contributed by atoms with Gasteiger partial charge in [0.2, 0.25) is 5.91 Å². The molecule has 1 heterocycles. The molecular weight excluding hydrogens is 524 g/mol. The van der Waals surface area contributed by atoms with E-state index in [1.807, 2.05) is 48.7 Å². The Morgan fingerprint density at radius 2 is 1.73 bits per heavy atom. The van der Waals surface area contributed by atoms with Gasteiger partial charge in [-0.2, -0.15) is 12.6 Å². The Morgan fingerprint density at radius 3 is 2.33 bits per heavy atom. The molecule has 0 bridgehead atoms. The summed E-state index contributed by atoms with van der Waals surface area (Å²) in [5.74, 6) is -0.145. The molecule has 0 saturated heterocycles. The standard InChI is InChI=1S/C31H40N4O4S/c1-4-5-11-28-32-18-27(35(28)19-23-12-14-24(15-13-23)31(38)39)30(37)34-25(16-22-9-7-6-8-10-22)17-33-29(36)26(20-40)21(2)3/h6-10,12-15,18,21,25-26,40H,4-5,11,16-17,19-20H2,1-3H3,(H,33,36)(H,34,37)(H,38,39)/t25-,26?/m0/s1. The predicted molar refractivity (Wildman–Crippen MR) is 160 cm³/mol. The largest absolute Gasteiger partial charge is 0.478 e. The predicted octanol–water partition coefficient (Wildman–Crippen LogP) is 4.63. The fourth-order valence-corrected chi connectivity index (χ4v) is 5.11. The van der Waals surface area contributed by atoms with Gasteiger partial charge < -0.3 is 20.3 Å². The molecule has 3 rings (SSSR count). The zero-order valence-electron chi connectivity index (χ0n) is 23.5. The van der Waals surface area contributed by atoms with E-state index in [2.05, 4.69) is 35.2 Å². The lowest BCUT2D eigenvalue weighted by atomic mass is 9.96. The molecular formula is C31H40N4O4S. The number of unbranched alkanes of at least 4 members (excludes halogenated alkanes) is 1. The first kappa shape index (κ1) is 30.9. The molecule has 0 saturated carbocycles. The maximum atomic E-state index is 13.7. The second kappa shape index (κ2) is 15.3. The Balaban J connectivity index is 1.83. The van der Waals surface area contributed by atoms with Crippen molar-refractivity contribution >= 4 is 30.4 Å². The van der Waals surface area contributed by atoms with E-state index in [1.54, 1.807) is 30.5 Å². The van der Waals surface area contributed by atoms with Crippen LogP contribution in [0.2, 0.25) is 0 Å². The number of carboxylic acids is 1. The monoisotopic (exact) mass is 564 g/mol. The first-order chi connectivity index (χ1) is 19.2. The summed E-state index contributed by atoms with van der Waals surface area (Å²) in [5, 5.41) is 15.4. The number of hydrogen-bond donors (Lipinski definition) is 4. The van der Waals surface area contributed by atoms with Gasteiger partial charge in [0.25, 0.3) is 5.91 Å². The van der Waals surface area contributed by atoms with Gasteiger partial charge in [-0.1, -0.05) is 69.7 Å². The smallest absolute Gasteiger partial charge is 0.335 e. The van der Waals surface area contributed by atoms with Crippen LogP contribution >= 0.6 is 12.6 Å². The van der Waals surface area contributed by atoms with Crippen LogP contribution in [0.1, 0.15) is 71.4 Å². The zero-order valence-corrected chi connectivity index (χ0v) is 24.4. The highest BCUT2D eigenvalue weighted by Gasteiger charge is 2.24. The first-order valence-electron chi connectivity index (χ1n) is 13.8. The van der Waals surface area contributed by atoms with Gasteiger partial charge in [0, 0.05) is 31.2 Å². The highest BCUT2D eigenvalue weighted by molar-refractivity contribution is 7.80.